The fourth-order valence-corrected chi connectivity index (χ4v) is 1.96. The molecule has 0 spiro atoms. The van der Waals surface area contributed by atoms with Gasteiger partial charge in [-0.2, -0.15) is 9.37 Å². The van der Waals surface area contributed by atoms with E-state index in [2.05, 4.69) is 20.1 Å². The summed E-state index contributed by atoms with van der Waals surface area (Å²) in [6.45, 7) is 0.0777. The zero-order chi connectivity index (χ0) is 16.4. The van der Waals surface area contributed by atoms with Crippen molar-refractivity contribution in [3.8, 4) is 17.7 Å². The van der Waals surface area contributed by atoms with Crippen molar-refractivity contribution in [2.45, 2.75) is 6.54 Å². The fraction of sp³-hybridized carbons (Fsp3) is 0.143. The SMILES string of the molecule is COc1nc(-c2ncc(F)c(=O)[nH]2)nn1Cc1ccccc1F. The summed E-state index contributed by atoms with van der Waals surface area (Å²) in [5.74, 6) is -1.37. The van der Waals surface area contributed by atoms with E-state index >= 15 is 0 Å². The molecule has 0 aliphatic rings. The maximum Gasteiger partial charge on any atom is 0.315 e. The molecule has 0 aliphatic carbocycles. The molecule has 7 nitrogen and oxygen atoms in total. The van der Waals surface area contributed by atoms with E-state index < -0.39 is 11.4 Å². The number of ether oxygens (including phenoxy) is 1. The molecule has 1 N–H and O–H groups in total. The van der Waals surface area contributed by atoms with Gasteiger partial charge in [0, 0.05) is 5.56 Å². The largest absolute Gasteiger partial charge is 0.467 e. The number of methoxy groups -OCH3 is 1. The number of nitrogens with one attached hydrogen (secondary N) is 1. The Balaban J connectivity index is 1.99. The summed E-state index contributed by atoms with van der Waals surface area (Å²) in [6.07, 6.45) is 0.776. The van der Waals surface area contributed by atoms with Crippen LogP contribution in [0.3, 0.4) is 0 Å². The Morgan fingerprint density at radius 1 is 1.26 bits per heavy atom. The highest BCUT2D eigenvalue weighted by atomic mass is 19.1. The fourth-order valence-electron chi connectivity index (χ4n) is 1.96. The minimum Gasteiger partial charge on any atom is -0.467 e. The van der Waals surface area contributed by atoms with E-state index in [1.807, 2.05) is 0 Å². The predicted octanol–water partition coefficient (Wildman–Crippen LogP) is 1.36. The smallest absolute Gasteiger partial charge is 0.315 e. The van der Waals surface area contributed by atoms with Gasteiger partial charge in [0.25, 0.3) is 5.56 Å². The van der Waals surface area contributed by atoms with Crippen LogP contribution in [0.4, 0.5) is 8.78 Å². The summed E-state index contributed by atoms with van der Waals surface area (Å²) in [7, 11) is 1.38. The summed E-state index contributed by atoms with van der Waals surface area (Å²) in [5.41, 5.74) is -0.540. The molecule has 3 aromatic rings. The number of aromatic amines is 1. The van der Waals surface area contributed by atoms with Crippen LogP contribution in [-0.4, -0.2) is 31.8 Å². The van der Waals surface area contributed by atoms with Crippen LogP contribution in [0.25, 0.3) is 11.6 Å². The Morgan fingerprint density at radius 2 is 2.04 bits per heavy atom. The van der Waals surface area contributed by atoms with Gasteiger partial charge < -0.3 is 9.72 Å². The summed E-state index contributed by atoms with van der Waals surface area (Å²) in [4.78, 5) is 21.3. The second-order valence-electron chi connectivity index (χ2n) is 4.58. The molecule has 23 heavy (non-hydrogen) atoms. The highest BCUT2D eigenvalue weighted by molar-refractivity contribution is 5.42. The minimum atomic E-state index is -1.01. The molecule has 0 saturated heterocycles. The molecule has 2 heterocycles. The number of benzene rings is 1. The van der Waals surface area contributed by atoms with Gasteiger partial charge in [-0.05, 0) is 6.07 Å². The summed E-state index contributed by atoms with van der Waals surface area (Å²) in [5, 5.41) is 4.12. The number of aromatic nitrogens is 5. The highest BCUT2D eigenvalue weighted by Gasteiger charge is 2.16. The van der Waals surface area contributed by atoms with E-state index in [1.54, 1.807) is 18.2 Å². The number of halogens is 2. The van der Waals surface area contributed by atoms with Crippen molar-refractivity contribution in [2.24, 2.45) is 0 Å². The van der Waals surface area contributed by atoms with Crippen LogP contribution in [0, 0.1) is 11.6 Å². The third-order valence-electron chi connectivity index (χ3n) is 3.07. The molecular weight excluding hydrogens is 308 g/mol. The van der Waals surface area contributed by atoms with Gasteiger partial charge in [0.2, 0.25) is 11.6 Å². The first-order chi connectivity index (χ1) is 11.1. The Hall–Kier alpha value is -3.10. The molecule has 0 unspecified atom stereocenters. The molecule has 0 fully saturated rings. The number of hydrogen-bond acceptors (Lipinski definition) is 5. The first-order valence-corrected chi connectivity index (χ1v) is 6.56. The lowest BCUT2D eigenvalue weighted by Gasteiger charge is -2.05. The predicted molar refractivity (Wildman–Crippen MR) is 75.9 cm³/mol. The average molecular weight is 319 g/mol. The van der Waals surface area contributed by atoms with Crippen molar-refractivity contribution >= 4 is 0 Å². The lowest BCUT2D eigenvalue weighted by Crippen LogP contribution is -2.13. The first kappa shape index (κ1) is 14.8. The van der Waals surface area contributed by atoms with Gasteiger partial charge >= 0.3 is 6.01 Å². The topological polar surface area (TPSA) is 85.7 Å². The number of H-pyrrole nitrogens is 1. The standard InChI is InChI=1S/C14H11F2N5O2/c1-23-14-19-12(11-17-6-10(16)13(22)18-11)20-21(14)7-8-4-2-3-5-9(8)15/h2-6H,7H2,1H3,(H,17,18,22). The van der Waals surface area contributed by atoms with Gasteiger partial charge in [-0.3, -0.25) is 4.79 Å². The molecule has 0 aliphatic heterocycles. The monoisotopic (exact) mass is 319 g/mol. The van der Waals surface area contributed by atoms with Crippen molar-refractivity contribution in [2.75, 3.05) is 7.11 Å². The van der Waals surface area contributed by atoms with Gasteiger partial charge in [-0.25, -0.2) is 14.1 Å². The van der Waals surface area contributed by atoms with E-state index in [1.165, 1.54) is 17.9 Å². The molecule has 0 radical (unpaired) electrons. The van der Waals surface area contributed by atoms with Crippen LogP contribution in [0.2, 0.25) is 0 Å². The molecule has 9 heteroatoms. The zero-order valence-electron chi connectivity index (χ0n) is 12.0. The Labute approximate surface area is 128 Å². The zero-order valence-corrected chi connectivity index (χ0v) is 12.0. The molecule has 1 aromatic carbocycles. The third-order valence-corrected chi connectivity index (χ3v) is 3.07. The van der Waals surface area contributed by atoms with Crippen LogP contribution in [0.5, 0.6) is 6.01 Å². The van der Waals surface area contributed by atoms with Crippen LogP contribution in [0.15, 0.2) is 35.3 Å². The van der Waals surface area contributed by atoms with Gasteiger partial charge in [0.05, 0.1) is 19.9 Å². The summed E-state index contributed by atoms with van der Waals surface area (Å²) in [6, 6.07) is 6.32. The van der Waals surface area contributed by atoms with Crippen molar-refractivity contribution in [3.05, 3.63) is 58.0 Å². The van der Waals surface area contributed by atoms with E-state index in [9.17, 15) is 13.6 Å². The van der Waals surface area contributed by atoms with Gasteiger partial charge in [-0.1, -0.05) is 18.2 Å². The van der Waals surface area contributed by atoms with E-state index in [0.717, 1.165) is 6.20 Å². The van der Waals surface area contributed by atoms with E-state index in [4.69, 9.17) is 4.74 Å². The van der Waals surface area contributed by atoms with Crippen molar-refractivity contribution < 1.29 is 13.5 Å². The molecule has 0 bridgehead atoms. The van der Waals surface area contributed by atoms with Gasteiger partial charge in [0.1, 0.15) is 5.82 Å². The molecule has 0 atom stereocenters. The number of rotatable bonds is 4. The molecule has 118 valence electrons. The Kier molecular flexibility index (Phi) is 3.83. The summed E-state index contributed by atoms with van der Waals surface area (Å²) < 4.78 is 33.1. The molecule has 3 rings (SSSR count). The first-order valence-electron chi connectivity index (χ1n) is 6.56. The molecule has 2 aromatic heterocycles. The van der Waals surface area contributed by atoms with E-state index in [-0.39, 0.29) is 30.0 Å². The quantitative estimate of drug-likeness (QED) is 0.785. The third kappa shape index (κ3) is 2.93. The van der Waals surface area contributed by atoms with Crippen LogP contribution >= 0.6 is 0 Å². The van der Waals surface area contributed by atoms with Crippen LogP contribution in [0.1, 0.15) is 5.56 Å². The molecule has 0 saturated carbocycles. The van der Waals surface area contributed by atoms with Crippen molar-refractivity contribution in [1.82, 2.24) is 24.7 Å². The van der Waals surface area contributed by atoms with Crippen LogP contribution in [-0.2, 0) is 6.54 Å². The summed E-state index contributed by atoms with van der Waals surface area (Å²) >= 11 is 0. The second-order valence-corrected chi connectivity index (χ2v) is 4.58. The molecule has 0 amide bonds. The Bertz CT molecular complexity index is 906. The highest BCUT2D eigenvalue weighted by Crippen LogP contribution is 2.17. The van der Waals surface area contributed by atoms with Crippen LogP contribution < -0.4 is 10.3 Å². The average Bonchev–Trinajstić information content (AvgIpc) is 2.95. The maximum atomic E-state index is 13.7. The van der Waals surface area contributed by atoms with Crippen molar-refractivity contribution in [3.63, 3.8) is 0 Å². The van der Waals surface area contributed by atoms with Gasteiger partial charge in [0.15, 0.2) is 5.82 Å². The normalized spacial score (nSPS) is 10.7. The van der Waals surface area contributed by atoms with E-state index in [0.29, 0.717) is 5.56 Å². The number of hydrogen-bond donors (Lipinski definition) is 1. The minimum absolute atomic E-state index is 0.0121. The lowest BCUT2D eigenvalue weighted by atomic mass is 10.2. The second kappa shape index (κ2) is 5.95. The number of nitrogens with zero attached hydrogens (tertiary/aromatic N) is 4. The Morgan fingerprint density at radius 3 is 2.74 bits per heavy atom. The lowest BCUT2D eigenvalue weighted by molar-refractivity contribution is 0.351. The maximum absolute atomic E-state index is 13.7. The molecular formula is C14H11F2N5O2. The van der Waals surface area contributed by atoms with Gasteiger partial charge in [-0.15, -0.1) is 5.10 Å². The van der Waals surface area contributed by atoms with Crippen molar-refractivity contribution in [1.29, 1.82) is 0 Å².